The average Bonchev–Trinajstić information content (AvgIpc) is 3.02. The summed E-state index contributed by atoms with van der Waals surface area (Å²) in [6.07, 6.45) is 3.16. The highest BCUT2D eigenvalue weighted by molar-refractivity contribution is 6.30. The van der Waals surface area contributed by atoms with Crippen LogP contribution in [0.1, 0.15) is 25.3 Å². The molecule has 0 saturated heterocycles. The van der Waals surface area contributed by atoms with Crippen LogP contribution < -0.4 is 5.32 Å². The molecule has 3 heteroatoms. The molecule has 1 aliphatic carbocycles. The lowest BCUT2D eigenvalue weighted by atomic mass is 9.90. The zero-order valence-electron chi connectivity index (χ0n) is 9.69. The molecule has 16 heavy (non-hydrogen) atoms. The van der Waals surface area contributed by atoms with Crippen LogP contribution in [0, 0.1) is 11.2 Å². The van der Waals surface area contributed by atoms with E-state index in [1.165, 1.54) is 18.9 Å². The van der Waals surface area contributed by atoms with Crippen LogP contribution in [0.3, 0.4) is 0 Å². The quantitative estimate of drug-likeness (QED) is 0.852. The monoisotopic (exact) mass is 241 g/mol. The molecule has 2 rings (SSSR count). The molecule has 1 aromatic carbocycles. The first-order chi connectivity index (χ1) is 7.57. The normalized spacial score (nSPS) is 19.5. The van der Waals surface area contributed by atoms with E-state index in [-0.39, 0.29) is 11.2 Å². The van der Waals surface area contributed by atoms with Crippen molar-refractivity contribution < 1.29 is 4.39 Å². The van der Waals surface area contributed by atoms with E-state index in [4.69, 9.17) is 11.6 Å². The number of hydrogen-bond donors (Lipinski definition) is 1. The van der Waals surface area contributed by atoms with E-state index in [0.717, 1.165) is 12.0 Å². The average molecular weight is 242 g/mol. The molecule has 1 saturated carbocycles. The highest BCUT2D eigenvalue weighted by Crippen LogP contribution is 2.51. The number of benzene rings is 1. The largest absolute Gasteiger partial charge is 0.317 e. The Morgan fingerprint density at radius 2 is 2.19 bits per heavy atom. The van der Waals surface area contributed by atoms with Crippen molar-refractivity contribution in [1.29, 1.82) is 0 Å². The van der Waals surface area contributed by atoms with Crippen LogP contribution >= 0.6 is 11.6 Å². The standard InChI is InChI=1S/C13H17ClFN/c1-9(16-2)13(5-6-13)8-10-3-4-11(14)7-12(10)15/h3-4,7,9,16H,5-6,8H2,1-2H3. The molecule has 1 fully saturated rings. The number of rotatable bonds is 4. The van der Waals surface area contributed by atoms with Crippen molar-refractivity contribution in [3.05, 3.63) is 34.6 Å². The molecule has 0 heterocycles. The van der Waals surface area contributed by atoms with Gasteiger partial charge in [0.05, 0.1) is 0 Å². The van der Waals surface area contributed by atoms with Crippen molar-refractivity contribution >= 4 is 11.6 Å². The molecule has 0 spiro atoms. The van der Waals surface area contributed by atoms with E-state index in [2.05, 4.69) is 12.2 Å². The van der Waals surface area contributed by atoms with Crippen LogP contribution in [0.25, 0.3) is 0 Å². The molecule has 1 aliphatic rings. The topological polar surface area (TPSA) is 12.0 Å². The number of hydrogen-bond acceptors (Lipinski definition) is 1. The first-order valence-electron chi connectivity index (χ1n) is 5.68. The minimum absolute atomic E-state index is 0.179. The molecule has 0 aromatic heterocycles. The fourth-order valence-corrected chi connectivity index (χ4v) is 2.43. The van der Waals surface area contributed by atoms with E-state index in [1.54, 1.807) is 12.1 Å². The van der Waals surface area contributed by atoms with Gasteiger partial charge in [0.25, 0.3) is 0 Å². The lowest BCUT2D eigenvalue weighted by molar-refractivity contribution is 0.364. The van der Waals surface area contributed by atoms with E-state index in [0.29, 0.717) is 11.1 Å². The second-order valence-electron chi connectivity index (χ2n) is 4.79. The van der Waals surface area contributed by atoms with Crippen LogP contribution in [-0.4, -0.2) is 13.1 Å². The molecule has 0 aliphatic heterocycles. The van der Waals surface area contributed by atoms with Crippen molar-refractivity contribution in [3.63, 3.8) is 0 Å². The van der Waals surface area contributed by atoms with Gasteiger partial charge >= 0.3 is 0 Å². The van der Waals surface area contributed by atoms with Crippen LogP contribution in [0.4, 0.5) is 4.39 Å². The van der Waals surface area contributed by atoms with Gasteiger partial charge < -0.3 is 5.32 Å². The molecule has 1 atom stereocenters. The summed E-state index contributed by atoms with van der Waals surface area (Å²) in [4.78, 5) is 0. The number of nitrogens with one attached hydrogen (secondary N) is 1. The minimum atomic E-state index is -0.179. The van der Waals surface area contributed by atoms with Gasteiger partial charge in [0, 0.05) is 11.1 Å². The molecule has 0 amide bonds. The van der Waals surface area contributed by atoms with E-state index in [9.17, 15) is 4.39 Å². The maximum Gasteiger partial charge on any atom is 0.127 e. The highest BCUT2D eigenvalue weighted by atomic mass is 35.5. The molecule has 0 bridgehead atoms. The van der Waals surface area contributed by atoms with Crippen LogP contribution in [-0.2, 0) is 6.42 Å². The van der Waals surface area contributed by atoms with E-state index < -0.39 is 0 Å². The lowest BCUT2D eigenvalue weighted by Crippen LogP contribution is -2.33. The summed E-state index contributed by atoms with van der Waals surface area (Å²) < 4.78 is 13.7. The van der Waals surface area contributed by atoms with E-state index >= 15 is 0 Å². The third kappa shape index (κ3) is 2.23. The van der Waals surface area contributed by atoms with Gasteiger partial charge in [-0.15, -0.1) is 0 Å². The van der Waals surface area contributed by atoms with Gasteiger partial charge in [0.2, 0.25) is 0 Å². The van der Waals surface area contributed by atoms with Crippen molar-refractivity contribution in [3.8, 4) is 0 Å². The third-order valence-electron chi connectivity index (χ3n) is 3.80. The summed E-state index contributed by atoms with van der Waals surface area (Å²) in [6.45, 7) is 2.17. The van der Waals surface area contributed by atoms with Crippen LogP contribution in [0.5, 0.6) is 0 Å². The Kier molecular flexibility index (Phi) is 3.22. The highest BCUT2D eigenvalue weighted by Gasteiger charge is 2.46. The van der Waals surface area contributed by atoms with Gasteiger partial charge in [-0.25, -0.2) is 4.39 Å². The van der Waals surface area contributed by atoms with Gasteiger partial charge in [-0.2, -0.15) is 0 Å². The third-order valence-corrected chi connectivity index (χ3v) is 4.04. The summed E-state index contributed by atoms with van der Waals surface area (Å²) in [7, 11) is 1.96. The maximum absolute atomic E-state index is 13.7. The van der Waals surface area contributed by atoms with E-state index in [1.807, 2.05) is 7.05 Å². The summed E-state index contributed by atoms with van der Waals surface area (Å²) in [5.41, 5.74) is 1.03. The zero-order valence-corrected chi connectivity index (χ0v) is 10.4. The first-order valence-corrected chi connectivity index (χ1v) is 6.06. The molecular weight excluding hydrogens is 225 g/mol. The van der Waals surface area contributed by atoms with Crippen LogP contribution in [0.2, 0.25) is 5.02 Å². The molecule has 1 unspecified atom stereocenters. The first kappa shape index (κ1) is 11.9. The molecule has 1 N–H and O–H groups in total. The van der Waals surface area contributed by atoms with Crippen LogP contribution in [0.15, 0.2) is 18.2 Å². The second kappa shape index (κ2) is 4.34. The Morgan fingerprint density at radius 1 is 1.50 bits per heavy atom. The van der Waals surface area contributed by atoms with Crippen molar-refractivity contribution in [1.82, 2.24) is 5.32 Å². The second-order valence-corrected chi connectivity index (χ2v) is 5.22. The fourth-order valence-electron chi connectivity index (χ4n) is 2.27. The minimum Gasteiger partial charge on any atom is -0.317 e. The zero-order chi connectivity index (χ0) is 11.8. The van der Waals surface area contributed by atoms with Gasteiger partial charge in [-0.3, -0.25) is 0 Å². The maximum atomic E-state index is 13.7. The Morgan fingerprint density at radius 3 is 2.69 bits per heavy atom. The van der Waals surface area contributed by atoms with Gasteiger partial charge in [-0.1, -0.05) is 17.7 Å². The molecule has 0 radical (unpaired) electrons. The molecule has 1 nitrogen and oxygen atoms in total. The predicted octanol–water partition coefficient (Wildman–Crippen LogP) is 3.41. The van der Waals surface area contributed by atoms with Crippen molar-refractivity contribution in [2.45, 2.75) is 32.2 Å². The van der Waals surface area contributed by atoms with Crippen molar-refractivity contribution in [2.75, 3.05) is 7.05 Å². The Labute approximate surface area is 101 Å². The number of halogens is 2. The summed E-state index contributed by atoms with van der Waals surface area (Å²) >= 11 is 5.74. The van der Waals surface area contributed by atoms with Gasteiger partial charge in [0.1, 0.15) is 5.82 Å². The SMILES string of the molecule is CNC(C)C1(Cc2ccc(Cl)cc2F)CC1. The Bertz CT molecular complexity index is 388. The van der Waals surface area contributed by atoms with Crippen molar-refractivity contribution in [2.24, 2.45) is 5.41 Å². The summed E-state index contributed by atoms with van der Waals surface area (Å²) in [6, 6.07) is 5.40. The molecule has 88 valence electrons. The van der Waals surface area contributed by atoms with Gasteiger partial charge in [-0.05, 0) is 56.3 Å². The fraction of sp³-hybridized carbons (Fsp3) is 0.538. The Hall–Kier alpha value is -0.600. The lowest BCUT2D eigenvalue weighted by Gasteiger charge is -2.23. The Balaban J connectivity index is 2.15. The smallest absolute Gasteiger partial charge is 0.127 e. The summed E-state index contributed by atoms with van der Waals surface area (Å²) in [5.74, 6) is -0.179. The van der Waals surface area contributed by atoms with Gasteiger partial charge in [0.15, 0.2) is 0 Å². The molecular formula is C13H17ClFN. The predicted molar refractivity (Wildman–Crippen MR) is 65.3 cm³/mol. The molecule has 1 aromatic rings. The summed E-state index contributed by atoms with van der Waals surface area (Å²) in [5, 5.41) is 3.74.